The third-order valence-corrected chi connectivity index (χ3v) is 2.26. The van der Waals surface area contributed by atoms with Crippen molar-refractivity contribution in [1.82, 2.24) is 5.32 Å². The molecule has 0 fully saturated rings. The SMILES string of the molecule is CNC(=O)OCC(N)c1ccccc1C(F)(F)F. The van der Waals surface area contributed by atoms with Crippen LogP contribution >= 0.6 is 0 Å². The second-order valence-electron chi connectivity index (χ2n) is 3.54. The van der Waals surface area contributed by atoms with Crippen LogP contribution in [0.25, 0.3) is 0 Å². The highest BCUT2D eigenvalue weighted by atomic mass is 19.4. The molecule has 0 aromatic heterocycles. The number of hydrogen-bond acceptors (Lipinski definition) is 3. The Bertz CT molecular complexity index is 421. The number of rotatable bonds is 3. The molecule has 0 aliphatic heterocycles. The molecule has 1 aromatic carbocycles. The molecule has 0 bridgehead atoms. The van der Waals surface area contributed by atoms with Crippen LogP contribution in [0.5, 0.6) is 0 Å². The van der Waals surface area contributed by atoms with Crippen LogP contribution in [0, 0.1) is 0 Å². The third kappa shape index (κ3) is 3.63. The molecule has 0 heterocycles. The Kier molecular flexibility index (Phi) is 4.55. The maximum atomic E-state index is 12.7. The van der Waals surface area contributed by atoms with Crippen molar-refractivity contribution < 1.29 is 22.7 Å². The molecule has 100 valence electrons. The van der Waals surface area contributed by atoms with Crippen LogP contribution in [-0.4, -0.2) is 19.7 Å². The minimum Gasteiger partial charge on any atom is -0.448 e. The molecule has 1 rings (SSSR count). The van der Waals surface area contributed by atoms with Gasteiger partial charge in [-0.3, -0.25) is 0 Å². The van der Waals surface area contributed by atoms with E-state index in [2.05, 4.69) is 10.1 Å². The van der Waals surface area contributed by atoms with Gasteiger partial charge < -0.3 is 15.8 Å². The average molecular weight is 262 g/mol. The summed E-state index contributed by atoms with van der Waals surface area (Å²) in [5.74, 6) is 0. The van der Waals surface area contributed by atoms with Gasteiger partial charge in [0.05, 0.1) is 11.6 Å². The molecule has 0 saturated carbocycles. The van der Waals surface area contributed by atoms with E-state index in [4.69, 9.17) is 5.73 Å². The fraction of sp³-hybridized carbons (Fsp3) is 0.364. The number of carbonyl (C=O) groups excluding carboxylic acids is 1. The Labute approximate surface area is 102 Å². The highest BCUT2D eigenvalue weighted by Crippen LogP contribution is 2.33. The molecule has 0 radical (unpaired) electrons. The fourth-order valence-electron chi connectivity index (χ4n) is 1.41. The van der Waals surface area contributed by atoms with Crippen molar-refractivity contribution in [1.29, 1.82) is 0 Å². The zero-order chi connectivity index (χ0) is 13.8. The van der Waals surface area contributed by atoms with Crippen molar-refractivity contribution in [3.63, 3.8) is 0 Å². The van der Waals surface area contributed by atoms with Gasteiger partial charge in [-0.1, -0.05) is 18.2 Å². The summed E-state index contributed by atoms with van der Waals surface area (Å²) in [4.78, 5) is 10.8. The first kappa shape index (κ1) is 14.3. The molecule has 1 amide bonds. The van der Waals surface area contributed by atoms with Crippen molar-refractivity contribution in [3.05, 3.63) is 35.4 Å². The molecular formula is C11H13F3N2O2. The molecule has 0 aliphatic rings. The number of nitrogens with one attached hydrogen (secondary N) is 1. The Morgan fingerprint density at radius 1 is 1.44 bits per heavy atom. The van der Waals surface area contributed by atoms with Gasteiger partial charge in [0.1, 0.15) is 6.61 Å². The number of ether oxygens (including phenoxy) is 1. The minimum atomic E-state index is -4.48. The lowest BCUT2D eigenvalue weighted by Crippen LogP contribution is -2.26. The van der Waals surface area contributed by atoms with Crippen LogP contribution in [0.4, 0.5) is 18.0 Å². The highest BCUT2D eigenvalue weighted by molar-refractivity contribution is 5.66. The summed E-state index contributed by atoms with van der Waals surface area (Å²) in [5.41, 5.74) is 4.67. The van der Waals surface area contributed by atoms with E-state index in [0.717, 1.165) is 6.07 Å². The minimum absolute atomic E-state index is 0.103. The van der Waals surface area contributed by atoms with Crippen molar-refractivity contribution >= 4 is 6.09 Å². The van der Waals surface area contributed by atoms with E-state index in [-0.39, 0.29) is 12.2 Å². The summed E-state index contributed by atoms with van der Waals surface area (Å²) in [5, 5.41) is 2.18. The molecule has 0 aliphatic carbocycles. The maximum Gasteiger partial charge on any atom is 0.416 e. The summed E-state index contributed by atoms with van der Waals surface area (Å²) in [6, 6.07) is 3.90. The van der Waals surface area contributed by atoms with Crippen LogP contribution in [-0.2, 0) is 10.9 Å². The molecule has 0 spiro atoms. The second-order valence-corrected chi connectivity index (χ2v) is 3.54. The largest absolute Gasteiger partial charge is 0.448 e. The Hall–Kier alpha value is -1.76. The number of benzene rings is 1. The lowest BCUT2D eigenvalue weighted by molar-refractivity contribution is -0.138. The molecule has 4 nitrogen and oxygen atoms in total. The van der Waals surface area contributed by atoms with Crippen LogP contribution in [0.3, 0.4) is 0 Å². The van der Waals surface area contributed by atoms with Crippen molar-refractivity contribution in [2.75, 3.05) is 13.7 Å². The van der Waals surface area contributed by atoms with Gasteiger partial charge in [0, 0.05) is 7.05 Å². The fourth-order valence-corrected chi connectivity index (χ4v) is 1.41. The van der Waals surface area contributed by atoms with Crippen LogP contribution < -0.4 is 11.1 Å². The van der Waals surface area contributed by atoms with E-state index in [1.807, 2.05) is 0 Å². The van der Waals surface area contributed by atoms with Gasteiger partial charge in [0.2, 0.25) is 0 Å². The Morgan fingerprint density at radius 2 is 2.06 bits per heavy atom. The molecule has 1 aromatic rings. The Morgan fingerprint density at radius 3 is 2.61 bits per heavy atom. The first-order chi connectivity index (χ1) is 8.36. The zero-order valence-electron chi connectivity index (χ0n) is 9.62. The number of amides is 1. The van der Waals surface area contributed by atoms with Crippen molar-refractivity contribution in [2.24, 2.45) is 5.73 Å². The van der Waals surface area contributed by atoms with Gasteiger partial charge in [0.15, 0.2) is 0 Å². The summed E-state index contributed by atoms with van der Waals surface area (Å²) >= 11 is 0. The lowest BCUT2D eigenvalue weighted by Gasteiger charge is -2.18. The summed E-state index contributed by atoms with van der Waals surface area (Å²) < 4.78 is 42.7. The Balaban J connectivity index is 2.86. The highest BCUT2D eigenvalue weighted by Gasteiger charge is 2.34. The van der Waals surface area contributed by atoms with Gasteiger partial charge in [-0.15, -0.1) is 0 Å². The summed E-state index contributed by atoms with van der Waals surface area (Å²) in [6.45, 7) is -0.327. The molecular weight excluding hydrogens is 249 g/mol. The number of carbonyl (C=O) groups is 1. The van der Waals surface area contributed by atoms with Gasteiger partial charge in [0.25, 0.3) is 0 Å². The normalized spacial score (nSPS) is 12.9. The van der Waals surface area contributed by atoms with E-state index in [9.17, 15) is 18.0 Å². The predicted octanol–water partition coefficient (Wildman–Crippen LogP) is 2.06. The first-order valence-electron chi connectivity index (χ1n) is 5.12. The maximum absolute atomic E-state index is 12.7. The standard InChI is InChI=1S/C11H13F3N2O2/c1-16-10(17)18-6-9(15)7-4-2-3-5-8(7)11(12,13)14/h2-5,9H,6,15H2,1H3,(H,16,17). The smallest absolute Gasteiger partial charge is 0.416 e. The van der Waals surface area contributed by atoms with E-state index in [1.165, 1.54) is 25.2 Å². The van der Waals surface area contributed by atoms with Crippen LogP contribution in [0.1, 0.15) is 17.2 Å². The quantitative estimate of drug-likeness (QED) is 0.876. The van der Waals surface area contributed by atoms with E-state index in [1.54, 1.807) is 0 Å². The molecule has 7 heteroatoms. The van der Waals surface area contributed by atoms with Crippen LogP contribution in [0.2, 0.25) is 0 Å². The number of nitrogens with two attached hydrogens (primary N) is 1. The number of alkyl halides is 3. The zero-order valence-corrected chi connectivity index (χ0v) is 9.62. The van der Waals surface area contributed by atoms with Gasteiger partial charge in [-0.25, -0.2) is 4.79 Å². The third-order valence-electron chi connectivity index (χ3n) is 2.26. The van der Waals surface area contributed by atoms with Crippen molar-refractivity contribution in [2.45, 2.75) is 12.2 Å². The van der Waals surface area contributed by atoms with Crippen LogP contribution in [0.15, 0.2) is 24.3 Å². The lowest BCUT2D eigenvalue weighted by atomic mass is 10.0. The molecule has 3 N–H and O–H groups in total. The monoisotopic (exact) mass is 262 g/mol. The molecule has 1 atom stereocenters. The summed E-state index contributed by atoms with van der Waals surface area (Å²) in [6.07, 6.45) is -5.23. The topological polar surface area (TPSA) is 64.3 Å². The average Bonchev–Trinajstić information content (AvgIpc) is 2.34. The first-order valence-corrected chi connectivity index (χ1v) is 5.12. The number of alkyl carbamates (subject to hydrolysis) is 1. The van der Waals surface area contributed by atoms with Gasteiger partial charge in [-0.2, -0.15) is 13.2 Å². The number of hydrogen-bond donors (Lipinski definition) is 2. The van der Waals surface area contributed by atoms with Gasteiger partial charge in [-0.05, 0) is 11.6 Å². The second kappa shape index (κ2) is 5.72. The molecule has 18 heavy (non-hydrogen) atoms. The summed E-state index contributed by atoms with van der Waals surface area (Å²) in [7, 11) is 1.34. The van der Waals surface area contributed by atoms with Crippen molar-refractivity contribution in [3.8, 4) is 0 Å². The van der Waals surface area contributed by atoms with E-state index in [0.29, 0.717) is 0 Å². The molecule has 1 unspecified atom stereocenters. The van der Waals surface area contributed by atoms with Gasteiger partial charge >= 0.3 is 12.3 Å². The molecule has 0 saturated heterocycles. The number of halogens is 3. The predicted molar refractivity (Wildman–Crippen MR) is 58.8 cm³/mol. The van der Waals surface area contributed by atoms with E-state index < -0.39 is 23.9 Å². The van der Waals surface area contributed by atoms with E-state index >= 15 is 0 Å².